The molecule has 0 radical (unpaired) electrons. The SMILES string of the molecule is CCNC(=NCc1ccccc1COCC)NCCc1ccccc1.I. The minimum absolute atomic E-state index is 0. The zero-order valence-corrected chi connectivity index (χ0v) is 18.0. The Labute approximate surface area is 174 Å². The molecule has 2 aromatic rings. The van der Waals surface area contributed by atoms with Crippen LogP contribution in [0.1, 0.15) is 30.5 Å². The first kappa shape index (κ1) is 22.4. The van der Waals surface area contributed by atoms with Gasteiger partial charge in [-0.05, 0) is 37.0 Å². The highest BCUT2D eigenvalue weighted by atomic mass is 127. The van der Waals surface area contributed by atoms with Crippen LogP contribution in [0.3, 0.4) is 0 Å². The predicted octanol–water partition coefficient (Wildman–Crippen LogP) is 4.14. The normalized spacial score (nSPS) is 10.9. The third kappa shape index (κ3) is 8.19. The summed E-state index contributed by atoms with van der Waals surface area (Å²) in [5.74, 6) is 0.852. The largest absolute Gasteiger partial charge is 0.377 e. The lowest BCUT2D eigenvalue weighted by molar-refractivity contribution is 0.133. The molecule has 0 aliphatic carbocycles. The number of ether oxygens (including phenoxy) is 1. The molecule has 2 aromatic carbocycles. The van der Waals surface area contributed by atoms with Gasteiger partial charge >= 0.3 is 0 Å². The minimum atomic E-state index is 0. The van der Waals surface area contributed by atoms with Gasteiger partial charge in [0.2, 0.25) is 0 Å². The first-order valence-electron chi connectivity index (χ1n) is 9.04. The van der Waals surface area contributed by atoms with E-state index >= 15 is 0 Å². The van der Waals surface area contributed by atoms with E-state index in [1.165, 1.54) is 16.7 Å². The van der Waals surface area contributed by atoms with Crippen molar-refractivity contribution >= 4 is 29.9 Å². The molecule has 0 saturated heterocycles. The molecule has 0 amide bonds. The summed E-state index contributed by atoms with van der Waals surface area (Å²) in [5, 5.41) is 6.72. The molecule has 0 atom stereocenters. The van der Waals surface area contributed by atoms with E-state index in [-0.39, 0.29) is 24.0 Å². The summed E-state index contributed by atoms with van der Waals surface area (Å²) in [6.45, 7) is 7.80. The Kier molecular flexibility index (Phi) is 11.7. The van der Waals surface area contributed by atoms with E-state index in [2.05, 4.69) is 60.0 Å². The monoisotopic (exact) mass is 467 g/mol. The van der Waals surface area contributed by atoms with Gasteiger partial charge in [-0.15, -0.1) is 24.0 Å². The third-order valence-electron chi connectivity index (χ3n) is 3.88. The molecule has 26 heavy (non-hydrogen) atoms. The van der Waals surface area contributed by atoms with Gasteiger partial charge in [-0.3, -0.25) is 0 Å². The molecule has 0 heterocycles. The lowest BCUT2D eigenvalue weighted by Gasteiger charge is -2.12. The molecule has 5 heteroatoms. The van der Waals surface area contributed by atoms with Crippen molar-refractivity contribution in [3.05, 3.63) is 71.3 Å². The zero-order valence-electron chi connectivity index (χ0n) is 15.7. The quantitative estimate of drug-likeness (QED) is 0.331. The van der Waals surface area contributed by atoms with Gasteiger partial charge in [0, 0.05) is 19.7 Å². The maximum absolute atomic E-state index is 5.55. The van der Waals surface area contributed by atoms with E-state index in [0.29, 0.717) is 13.2 Å². The molecule has 0 aromatic heterocycles. The Morgan fingerprint density at radius 1 is 0.923 bits per heavy atom. The molecule has 4 nitrogen and oxygen atoms in total. The topological polar surface area (TPSA) is 45.7 Å². The molecule has 142 valence electrons. The number of nitrogens with one attached hydrogen (secondary N) is 2. The number of hydrogen-bond acceptors (Lipinski definition) is 2. The van der Waals surface area contributed by atoms with Crippen molar-refractivity contribution < 1.29 is 4.74 Å². The first-order chi connectivity index (χ1) is 12.3. The fraction of sp³-hybridized carbons (Fsp3) is 0.381. The van der Waals surface area contributed by atoms with Crippen LogP contribution in [0.15, 0.2) is 59.6 Å². The molecule has 0 bridgehead atoms. The number of nitrogens with zero attached hydrogens (tertiary/aromatic N) is 1. The molecule has 2 N–H and O–H groups in total. The van der Waals surface area contributed by atoms with Crippen LogP contribution in [0, 0.1) is 0 Å². The number of aliphatic imine (C=N–C) groups is 1. The summed E-state index contributed by atoms with van der Waals surface area (Å²) in [5.41, 5.74) is 3.73. The van der Waals surface area contributed by atoms with Crippen molar-refractivity contribution in [2.45, 2.75) is 33.4 Å². The summed E-state index contributed by atoms with van der Waals surface area (Å²) < 4.78 is 5.55. The molecule has 0 saturated carbocycles. The molecule has 0 spiro atoms. The summed E-state index contributed by atoms with van der Waals surface area (Å²) >= 11 is 0. The molecular weight excluding hydrogens is 437 g/mol. The van der Waals surface area contributed by atoms with Gasteiger partial charge in [0.25, 0.3) is 0 Å². The highest BCUT2D eigenvalue weighted by Crippen LogP contribution is 2.11. The number of benzene rings is 2. The van der Waals surface area contributed by atoms with E-state index in [9.17, 15) is 0 Å². The van der Waals surface area contributed by atoms with Crippen LogP contribution in [0.25, 0.3) is 0 Å². The van der Waals surface area contributed by atoms with Gasteiger partial charge in [0.1, 0.15) is 0 Å². The van der Waals surface area contributed by atoms with Gasteiger partial charge < -0.3 is 15.4 Å². The Morgan fingerprint density at radius 2 is 1.62 bits per heavy atom. The van der Waals surface area contributed by atoms with Crippen molar-refractivity contribution in [1.29, 1.82) is 0 Å². The molecule has 2 rings (SSSR count). The van der Waals surface area contributed by atoms with Crippen LogP contribution in [-0.4, -0.2) is 25.7 Å². The van der Waals surface area contributed by atoms with Gasteiger partial charge in [-0.25, -0.2) is 4.99 Å². The molecule has 0 aliphatic heterocycles. The Balaban J connectivity index is 0.00000338. The standard InChI is InChI=1S/C21H29N3O.HI/c1-3-22-21(23-15-14-18-10-6-5-7-11-18)24-16-19-12-8-9-13-20(19)17-25-4-2;/h5-13H,3-4,14-17H2,1-2H3,(H2,22,23,24);1H. The lowest BCUT2D eigenvalue weighted by atomic mass is 10.1. The van der Waals surface area contributed by atoms with Crippen LogP contribution in [0.2, 0.25) is 0 Å². The second kappa shape index (κ2) is 13.6. The Morgan fingerprint density at radius 3 is 2.31 bits per heavy atom. The van der Waals surface area contributed by atoms with Crippen LogP contribution in [-0.2, 0) is 24.3 Å². The van der Waals surface area contributed by atoms with Crippen molar-refractivity contribution in [2.75, 3.05) is 19.7 Å². The fourth-order valence-electron chi connectivity index (χ4n) is 2.54. The average Bonchev–Trinajstić information content (AvgIpc) is 2.66. The summed E-state index contributed by atoms with van der Waals surface area (Å²) in [4.78, 5) is 4.72. The van der Waals surface area contributed by atoms with Crippen molar-refractivity contribution in [3.63, 3.8) is 0 Å². The number of rotatable bonds is 9. The average molecular weight is 467 g/mol. The van der Waals surface area contributed by atoms with Crippen LogP contribution in [0.4, 0.5) is 0 Å². The second-order valence-corrected chi connectivity index (χ2v) is 5.76. The van der Waals surface area contributed by atoms with E-state index in [4.69, 9.17) is 9.73 Å². The van der Waals surface area contributed by atoms with Crippen LogP contribution >= 0.6 is 24.0 Å². The highest BCUT2D eigenvalue weighted by Gasteiger charge is 2.03. The third-order valence-corrected chi connectivity index (χ3v) is 3.88. The van der Waals surface area contributed by atoms with Gasteiger partial charge in [-0.2, -0.15) is 0 Å². The maximum Gasteiger partial charge on any atom is 0.191 e. The fourth-order valence-corrected chi connectivity index (χ4v) is 2.54. The van der Waals surface area contributed by atoms with Crippen molar-refractivity contribution in [1.82, 2.24) is 10.6 Å². The summed E-state index contributed by atoms with van der Waals surface area (Å²) in [6, 6.07) is 18.8. The molecule has 0 aliphatic rings. The predicted molar refractivity (Wildman–Crippen MR) is 120 cm³/mol. The lowest BCUT2D eigenvalue weighted by Crippen LogP contribution is -2.38. The Hall–Kier alpha value is -1.60. The molecule has 0 unspecified atom stereocenters. The minimum Gasteiger partial charge on any atom is -0.377 e. The first-order valence-corrected chi connectivity index (χ1v) is 9.04. The van der Waals surface area contributed by atoms with Crippen LogP contribution < -0.4 is 10.6 Å². The van der Waals surface area contributed by atoms with Crippen molar-refractivity contribution in [2.24, 2.45) is 4.99 Å². The smallest absolute Gasteiger partial charge is 0.191 e. The second-order valence-electron chi connectivity index (χ2n) is 5.76. The summed E-state index contributed by atoms with van der Waals surface area (Å²) in [7, 11) is 0. The molecular formula is C21H30IN3O. The van der Waals surface area contributed by atoms with Crippen LogP contribution in [0.5, 0.6) is 0 Å². The zero-order chi connectivity index (χ0) is 17.7. The van der Waals surface area contributed by atoms with Crippen molar-refractivity contribution in [3.8, 4) is 0 Å². The van der Waals surface area contributed by atoms with Gasteiger partial charge in [0.15, 0.2) is 5.96 Å². The maximum atomic E-state index is 5.55. The van der Waals surface area contributed by atoms with E-state index in [1.807, 2.05) is 19.1 Å². The number of guanidine groups is 1. The number of halogens is 1. The van der Waals surface area contributed by atoms with Gasteiger partial charge in [0.05, 0.1) is 13.2 Å². The Bertz CT molecular complexity index is 647. The van der Waals surface area contributed by atoms with E-state index in [1.54, 1.807) is 0 Å². The van der Waals surface area contributed by atoms with E-state index in [0.717, 1.165) is 32.1 Å². The highest BCUT2D eigenvalue weighted by molar-refractivity contribution is 14.0. The molecule has 0 fully saturated rings. The number of hydrogen-bond donors (Lipinski definition) is 2. The van der Waals surface area contributed by atoms with E-state index < -0.39 is 0 Å². The summed E-state index contributed by atoms with van der Waals surface area (Å²) in [6.07, 6.45) is 0.978. The van der Waals surface area contributed by atoms with Gasteiger partial charge in [-0.1, -0.05) is 54.6 Å².